The van der Waals surface area contributed by atoms with Crippen LogP contribution >= 0.6 is 0 Å². The fourth-order valence-electron chi connectivity index (χ4n) is 5.09. The van der Waals surface area contributed by atoms with Crippen LogP contribution in [0.15, 0.2) is 54.1 Å². The van der Waals surface area contributed by atoms with Gasteiger partial charge in [-0.05, 0) is 30.2 Å². The normalized spacial score (nSPS) is 28.2. The highest BCUT2D eigenvalue weighted by atomic mass is 19.1. The number of carbonyl (C=O) groups is 2. The van der Waals surface area contributed by atoms with Crippen molar-refractivity contribution in [3.8, 4) is 0 Å². The Hall–Kier alpha value is -3.07. The van der Waals surface area contributed by atoms with Crippen molar-refractivity contribution in [2.75, 3.05) is 6.54 Å². The predicted molar refractivity (Wildman–Crippen MR) is 105 cm³/mol. The van der Waals surface area contributed by atoms with E-state index in [1.165, 1.54) is 24.3 Å². The van der Waals surface area contributed by atoms with Gasteiger partial charge in [0.05, 0.1) is 5.57 Å². The number of rotatable bonds is 3. The zero-order chi connectivity index (χ0) is 22.3. The summed E-state index contributed by atoms with van der Waals surface area (Å²) < 4.78 is 19.4. The van der Waals surface area contributed by atoms with Crippen LogP contribution in [0.1, 0.15) is 30.5 Å². The monoisotopic (exact) mass is 425 g/mol. The number of aliphatic hydroxyl groups is 3. The minimum Gasteiger partial charge on any atom is -0.454 e. The van der Waals surface area contributed by atoms with Crippen LogP contribution in [0.2, 0.25) is 0 Å². The first-order valence-corrected chi connectivity index (χ1v) is 9.90. The van der Waals surface area contributed by atoms with E-state index < -0.39 is 34.6 Å². The van der Waals surface area contributed by atoms with Crippen molar-refractivity contribution in [3.05, 3.63) is 76.6 Å². The molecule has 3 aliphatic rings. The fourth-order valence-corrected chi connectivity index (χ4v) is 5.09. The lowest BCUT2D eigenvalue weighted by Crippen LogP contribution is -2.66. The molecule has 5 rings (SSSR count). The van der Waals surface area contributed by atoms with Crippen LogP contribution in [-0.2, 0) is 25.9 Å². The number of nitrogens with zero attached hydrogens (tertiary/aromatic N) is 1. The molecule has 0 radical (unpaired) electrons. The van der Waals surface area contributed by atoms with Gasteiger partial charge in [-0.3, -0.25) is 9.59 Å². The third-order valence-corrected chi connectivity index (χ3v) is 6.23. The number of carbonyl (C=O) groups excluding carboxylic acids is 2. The summed E-state index contributed by atoms with van der Waals surface area (Å²) in [7, 11) is 0. The Labute approximate surface area is 177 Å². The summed E-state index contributed by atoms with van der Waals surface area (Å²) in [4.78, 5) is 27.3. The molecule has 1 amide bonds. The summed E-state index contributed by atoms with van der Waals surface area (Å²) in [5, 5.41) is 34.8. The van der Waals surface area contributed by atoms with E-state index >= 15 is 0 Å². The maximum absolute atomic E-state index is 13.5. The molecule has 2 atom stereocenters. The Morgan fingerprint density at radius 2 is 1.61 bits per heavy atom. The molecule has 1 aliphatic carbocycles. The van der Waals surface area contributed by atoms with Crippen molar-refractivity contribution in [3.63, 3.8) is 0 Å². The number of hydrogen-bond acceptors (Lipinski definition) is 6. The first kappa shape index (κ1) is 19.9. The number of benzene rings is 2. The molecule has 3 N–H and O–H groups in total. The smallest absolute Gasteiger partial charge is 0.296 e. The molecule has 1 fully saturated rings. The van der Waals surface area contributed by atoms with E-state index in [0.29, 0.717) is 0 Å². The summed E-state index contributed by atoms with van der Waals surface area (Å²) in [5.41, 5.74) is -2.48. The van der Waals surface area contributed by atoms with Gasteiger partial charge >= 0.3 is 0 Å². The number of hydrogen-bond donors (Lipinski definition) is 3. The van der Waals surface area contributed by atoms with E-state index in [9.17, 15) is 29.3 Å². The Bertz CT molecular complexity index is 1170. The average Bonchev–Trinajstić information content (AvgIpc) is 3.19. The van der Waals surface area contributed by atoms with E-state index in [0.717, 1.165) is 17.0 Å². The van der Waals surface area contributed by atoms with Gasteiger partial charge in [-0.1, -0.05) is 38.1 Å². The number of fused-ring (bicyclic) bond motifs is 2. The maximum atomic E-state index is 13.5. The van der Waals surface area contributed by atoms with Crippen LogP contribution in [0.4, 0.5) is 4.39 Å². The van der Waals surface area contributed by atoms with E-state index in [4.69, 9.17) is 4.74 Å². The molecule has 2 aliphatic heterocycles. The molecule has 1 spiro atoms. The predicted octanol–water partition coefficient (Wildman–Crippen LogP) is 1.37. The van der Waals surface area contributed by atoms with Crippen molar-refractivity contribution >= 4 is 17.4 Å². The summed E-state index contributed by atoms with van der Waals surface area (Å²) in [6.45, 7) is 3.56. The highest BCUT2D eigenvalue weighted by molar-refractivity contribution is 6.48. The van der Waals surface area contributed by atoms with Gasteiger partial charge in [-0.2, -0.15) is 0 Å². The van der Waals surface area contributed by atoms with Gasteiger partial charge in [0.25, 0.3) is 17.5 Å². The lowest BCUT2D eigenvalue weighted by Gasteiger charge is -2.45. The highest BCUT2D eigenvalue weighted by Gasteiger charge is 2.85. The third-order valence-electron chi connectivity index (χ3n) is 6.23. The molecule has 0 unspecified atom stereocenters. The minimum atomic E-state index is -2.83. The molecule has 160 valence electrons. The highest BCUT2D eigenvalue weighted by Crippen LogP contribution is 2.67. The number of ether oxygens (including phenoxy) is 1. The molecule has 1 saturated heterocycles. The van der Waals surface area contributed by atoms with Crippen LogP contribution in [-0.4, -0.2) is 44.0 Å². The summed E-state index contributed by atoms with van der Waals surface area (Å²) in [5.74, 6) is -8.12. The molecule has 2 heterocycles. The van der Waals surface area contributed by atoms with E-state index in [2.05, 4.69) is 0 Å². The van der Waals surface area contributed by atoms with Gasteiger partial charge < -0.3 is 25.0 Å². The summed E-state index contributed by atoms with van der Waals surface area (Å²) in [6, 6.07) is 10.9. The molecular weight excluding hydrogens is 405 g/mol. The van der Waals surface area contributed by atoms with Gasteiger partial charge in [0.2, 0.25) is 11.3 Å². The van der Waals surface area contributed by atoms with Crippen LogP contribution in [0.3, 0.4) is 0 Å². The van der Waals surface area contributed by atoms with E-state index in [1.807, 2.05) is 0 Å². The first-order valence-electron chi connectivity index (χ1n) is 9.90. The molecule has 0 aromatic heterocycles. The zero-order valence-electron chi connectivity index (χ0n) is 16.8. The Balaban J connectivity index is 1.88. The largest absolute Gasteiger partial charge is 0.454 e. The molecule has 0 bridgehead atoms. The van der Waals surface area contributed by atoms with Crippen molar-refractivity contribution in [1.82, 2.24) is 4.90 Å². The first-order chi connectivity index (χ1) is 14.6. The van der Waals surface area contributed by atoms with Gasteiger partial charge in [0.1, 0.15) is 11.6 Å². The molecule has 8 heteroatoms. The lowest BCUT2D eigenvalue weighted by atomic mass is 9.78. The quantitative estimate of drug-likeness (QED) is 0.507. The number of halogens is 1. The van der Waals surface area contributed by atoms with Crippen LogP contribution in [0.5, 0.6) is 0 Å². The van der Waals surface area contributed by atoms with Crippen LogP contribution in [0, 0.1) is 11.7 Å². The molecule has 31 heavy (non-hydrogen) atoms. The number of Topliss-reactive ketones (excluding diaryl/α,β-unsaturated/α-hetero) is 1. The second-order valence-electron chi connectivity index (χ2n) is 8.52. The lowest BCUT2D eigenvalue weighted by molar-refractivity contribution is -0.312. The second-order valence-corrected chi connectivity index (χ2v) is 8.52. The SMILES string of the molecule is CC(C)CN1C(=O)C(=O)C2=C(c3ccc(F)cc3)O[C@@]3(O)c4ccccc4C(O)(O)[C@]213. The van der Waals surface area contributed by atoms with Crippen LogP contribution in [0.25, 0.3) is 5.76 Å². The summed E-state index contributed by atoms with van der Waals surface area (Å²) in [6.07, 6.45) is 0. The topological polar surface area (TPSA) is 107 Å². The standard InChI is InChI=1S/C23H20FNO6/c1-12(2)11-25-20(27)18(26)17-19(13-7-9-14(24)10-8-13)31-23(30)16-6-4-3-5-15(16)22(28,29)21(17,23)25/h3-10,12,28-30H,11H2,1-2H3/t21-,23-/m0/s1. The van der Waals surface area contributed by atoms with Gasteiger partial charge in [0.15, 0.2) is 0 Å². The van der Waals surface area contributed by atoms with Gasteiger partial charge in [-0.15, -0.1) is 0 Å². The Morgan fingerprint density at radius 3 is 2.23 bits per heavy atom. The molecule has 0 saturated carbocycles. The Morgan fingerprint density at radius 1 is 1.00 bits per heavy atom. The van der Waals surface area contributed by atoms with Gasteiger partial charge in [-0.25, -0.2) is 4.39 Å². The summed E-state index contributed by atoms with van der Waals surface area (Å²) >= 11 is 0. The van der Waals surface area contributed by atoms with Crippen molar-refractivity contribution in [1.29, 1.82) is 0 Å². The second kappa shape index (κ2) is 6.00. The van der Waals surface area contributed by atoms with Crippen molar-refractivity contribution < 1.29 is 34.0 Å². The van der Waals surface area contributed by atoms with Crippen molar-refractivity contribution in [2.24, 2.45) is 5.92 Å². The number of ketones is 1. The zero-order valence-corrected chi connectivity index (χ0v) is 16.8. The number of amides is 1. The van der Waals surface area contributed by atoms with Gasteiger partial charge in [0, 0.05) is 23.2 Å². The fraction of sp³-hybridized carbons (Fsp3) is 0.304. The minimum absolute atomic E-state index is 0.0332. The average molecular weight is 425 g/mol. The molecule has 2 aromatic carbocycles. The maximum Gasteiger partial charge on any atom is 0.296 e. The third kappa shape index (κ3) is 2.12. The number of likely N-dealkylation sites (tertiary alicyclic amines) is 1. The van der Waals surface area contributed by atoms with E-state index in [1.54, 1.807) is 26.0 Å². The van der Waals surface area contributed by atoms with Crippen LogP contribution < -0.4 is 0 Å². The molecular formula is C23H20FNO6. The van der Waals surface area contributed by atoms with E-state index in [-0.39, 0.29) is 40.5 Å². The molecule has 2 aromatic rings. The molecule has 7 nitrogen and oxygen atoms in total. The van der Waals surface area contributed by atoms with Crippen molar-refractivity contribution in [2.45, 2.75) is 31.0 Å². The Kier molecular flexibility index (Phi) is 3.85.